The number of hydrogen-bond donors (Lipinski definition) is 0. The van der Waals surface area contributed by atoms with Crippen LogP contribution in [0.5, 0.6) is 0 Å². The van der Waals surface area contributed by atoms with Crippen LogP contribution >= 0.6 is 0 Å². The molecule has 3 rings (SSSR count). The summed E-state index contributed by atoms with van der Waals surface area (Å²) >= 11 is 0. The zero-order valence-corrected chi connectivity index (χ0v) is 15.4. The molecule has 4 heteroatoms. The molecule has 0 aromatic heterocycles. The molecule has 1 heterocycles. The highest BCUT2D eigenvalue weighted by Gasteiger charge is 2.10. The minimum atomic E-state index is -0.0538. The molecule has 0 spiro atoms. The molecule has 4 nitrogen and oxygen atoms in total. The average Bonchev–Trinajstić information content (AvgIpc) is 3.04. The summed E-state index contributed by atoms with van der Waals surface area (Å²) in [6, 6.07) is 0. The molecular formula is C22H27NO3. The summed E-state index contributed by atoms with van der Waals surface area (Å²) in [7, 11) is 0. The Morgan fingerprint density at radius 2 is 1.88 bits per heavy atom. The molecule has 1 aliphatic heterocycles. The van der Waals surface area contributed by atoms with E-state index in [0.29, 0.717) is 12.5 Å². The molecule has 138 valence electrons. The number of allylic oxidation sites excluding steroid dienone is 8. The van der Waals surface area contributed by atoms with Gasteiger partial charge in [-0.05, 0) is 69.1 Å². The molecule has 0 saturated carbocycles. The van der Waals surface area contributed by atoms with Gasteiger partial charge in [0.25, 0.3) is 0 Å². The Balaban J connectivity index is 1.48. The predicted molar refractivity (Wildman–Crippen MR) is 105 cm³/mol. The van der Waals surface area contributed by atoms with E-state index in [1.807, 2.05) is 37.3 Å². The first kappa shape index (κ1) is 18.3. The Morgan fingerprint density at radius 3 is 2.77 bits per heavy atom. The van der Waals surface area contributed by atoms with Crippen LogP contribution in [0.15, 0.2) is 77.0 Å². The quantitative estimate of drug-likeness (QED) is 0.664. The molecule has 0 saturated heterocycles. The Hall–Kier alpha value is -2.49. The van der Waals surface area contributed by atoms with Crippen LogP contribution in [-0.2, 0) is 14.2 Å². The summed E-state index contributed by atoms with van der Waals surface area (Å²) in [4.78, 5) is 4.43. The molecule has 0 bridgehead atoms. The fourth-order valence-electron chi connectivity index (χ4n) is 2.74. The SMILES string of the molecule is CC(COC1=CC=C(OC2=CCCC=C2)C=CC1)OC1=NCCCC=C1. The van der Waals surface area contributed by atoms with E-state index in [2.05, 4.69) is 29.3 Å². The van der Waals surface area contributed by atoms with Crippen LogP contribution in [0.1, 0.15) is 39.0 Å². The molecule has 0 fully saturated rings. The largest absolute Gasteiger partial charge is 0.494 e. The van der Waals surface area contributed by atoms with Crippen molar-refractivity contribution in [3.8, 4) is 0 Å². The molecule has 0 aromatic carbocycles. The van der Waals surface area contributed by atoms with E-state index in [1.165, 1.54) is 0 Å². The molecule has 1 atom stereocenters. The maximum Gasteiger partial charge on any atom is 0.208 e. The van der Waals surface area contributed by atoms with E-state index in [1.54, 1.807) is 0 Å². The van der Waals surface area contributed by atoms with Crippen LogP contribution < -0.4 is 0 Å². The zero-order valence-electron chi connectivity index (χ0n) is 15.4. The van der Waals surface area contributed by atoms with Gasteiger partial charge in [-0.15, -0.1) is 0 Å². The Labute approximate surface area is 155 Å². The summed E-state index contributed by atoms with van der Waals surface area (Å²) in [6.45, 7) is 3.32. The molecule has 2 aliphatic carbocycles. The van der Waals surface area contributed by atoms with Crippen LogP contribution in [0.3, 0.4) is 0 Å². The van der Waals surface area contributed by atoms with Crippen molar-refractivity contribution in [2.24, 2.45) is 4.99 Å². The number of hydrogen-bond acceptors (Lipinski definition) is 4. The van der Waals surface area contributed by atoms with Crippen molar-refractivity contribution in [1.29, 1.82) is 0 Å². The van der Waals surface area contributed by atoms with E-state index in [-0.39, 0.29) is 6.10 Å². The van der Waals surface area contributed by atoms with Gasteiger partial charge >= 0.3 is 0 Å². The van der Waals surface area contributed by atoms with E-state index >= 15 is 0 Å². The van der Waals surface area contributed by atoms with E-state index in [9.17, 15) is 0 Å². The lowest BCUT2D eigenvalue weighted by Crippen LogP contribution is -2.19. The van der Waals surface area contributed by atoms with Gasteiger partial charge in [0.15, 0.2) is 0 Å². The lowest BCUT2D eigenvalue weighted by molar-refractivity contribution is 0.0913. The lowest BCUT2D eigenvalue weighted by atomic mass is 10.2. The van der Waals surface area contributed by atoms with Crippen molar-refractivity contribution in [3.05, 3.63) is 72.0 Å². The van der Waals surface area contributed by atoms with E-state index in [4.69, 9.17) is 14.2 Å². The number of ether oxygens (including phenoxy) is 3. The Morgan fingerprint density at radius 1 is 1.00 bits per heavy atom. The van der Waals surface area contributed by atoms with Gasteiger partial charge in [0.05, 0.1) is 0 Å². The third kappa shape index (κ3) is 6.10. The standard InChI is InChI=1S/C22H27NO3/c1-18(25-22-13-6-3-7-16-23-22)17-24-19-11-8-12-21(15-14-19)26-20-9-4-2-5-10-20/h4,6,8-10,12-15,18H,2-3,5,7,11,16-17H2,1H3. The molecule has 0 N–H and O–H groups in total. The molecule has 0 aromatic rings. The van der Waals surface area contributed by atoms with Crippen molar-refractivity contribution in [1.82, 2.24) is 0 Å². The maximum atomic E-state index is 5.91. The topological polar surface area (TPSA) is 40.0 Å². The van der Waals surface area contributed by atoms with Crippen molar-refractivity contribution < 1.29 is 14.2 Å². The monoisotopic (exact) mass is 353 g/mol. The first-order valence-corrected chi connectivity index (χ1v) is 9.42. The highest BCUT2D eigenvalue weighted by atomic mass is 16.5. The first-order valence-electron chi connectivity index (χ1n) is 9.42. The van der Waals surface area contributed by atoms with Gasteiger partial charge in [-0.25, -0.2) is 0 Å². The van der Waals surface area contributed by atoms with Crippen LogP contribution in [-0.4, -0.2) is 25.2 Å². The van der Waals surface area contributed by atoms with Gasteiger partial charge < -0.3 is 14.2 Å². The van der Waals surface area contributed by atoms with Crippen LogP contribution in [0.25, 0.3) is 0 Å². The van der Waals surface area contributed by atoms with Crippen molar-refractivity contribution >= 4 is 5.90 Å². The van der Waals surface area contributed by atoms with Gasteiger partial charge in [-0.2, -0.15) is 0 Å². The summed E-state index contributed by atoms with van der Waals surface area (Å²) in [5.74, 6) is 3.34. The van der Waals surface area contributed by atoms with Crippen LogP contribution in [0.4, 0.5) is 0 Å². The fourth-order valence-corrected chi connectivity index (χ4v) is 2.74. The minimum absolute atomic E-state index is 0.0538. The van der Waals surface area contributed by atoms with Gasteiger partial charge in [-0.3, -0.25) is 4.99 Å². The van der Waals surface area contributed by atoms with E-state index < -0.39 is 0 Å². The smallest absolute Gasteiger partial charge is 0.208 e. The Bertz CT molecular complexity index is 692. The fraction of sp³-hybridized carbons (Fsp3) is 0.409. The maximum absolute atomic E-state index is 5.91. The molecule has 1 unspecified atom stereocenters. The molecule has 26 heavy (non-hydrogen) atoms. The van der Waals surface area contributed by atoms with Crippen molar-refractivity contribution in [2.45, 2.75) is 45.1 Å². The second kappa shape index (κ2) is 9.85. The minimum Gasteiger partial charge on any atom is -0.494 e. The average molecular weight is 353 g/mol. The number of rotatable bonds is 6. The van der Waals surface area contributed by atoms with Gasteiger partial charge in [0.2, 0.25) is 5.90 Å². The van der Waals surface area contributed by atoms with Crippen molar-refractivity contribution in [3.63, 3.8) is 0 Å². The molecule has 0 radical (unpaired) electrons. The van der Waals surface area contributed by atoms with Gasteiger partial charge in [0, 0.05) is 13.0 Å². The van der Waals surface area contributed by atoms with Gasteiger partial charge in [0.1, 0.15) is 30.0 Å². The summed E-state index contributed by atoms with van der Waals surface area (Å²) in [6.07, 6.45) is 23.3. The summed E-state index contributed by atoms with van der Waals surface area (Å²) in [5.41, 5.74) is 0. The second-order valence-electron chi connectivity index (χ2n) is 6.50. The van der Waals surface area contributed by atoms with E-state index in [0.717, 1.165) is 55.9 Å². The summed E-state index contributed by atoms with van der Waals surface area (Å²) < 4.78 is 17.7. The van der Waals surface area contributed by atoms with Crippen molar-refractivity contribution in [2.75, 3.05) is 13.2 Å². The third-order valence-electron chi connectivity index (χ3n) is 4.11. The highest BCUT2D eigenvalue weighted by molar-refractivity contribution is 5.87. The van der Waals surface area contributed by atoms with Crippen LogP contribution in [0, 0.1) is 0 Å². The lowest BCUT2D eigenvalue weighted by Gasteiger charge is -2.16. The Kier molecular flexibility index (Phi) is 6.94. The predicted octanol–water partition coefficient (Wildman–Crippen LogP) is 5.13. The van der Waals surface area contributed by atoms with Gasteiger partial charge in [-0.1, -0.05) is 18.2 Å². The normalized spacial score (nSPS) is 20.8. The zero-order chi connectivity index (χ0) is 18.0. The highest BCUT2D eigenvalue weighted by Crippen LogP contribution is 2.19. The molecular weight excluding hydrogens is 326 g/mol. The number of aliphatic imine (C=N–C) groups is 1. The summed E-state index contributed by atoms with van der Waals surface area (Å²) in [5, 5.41) is 0. The number of nitrogens with zero attached hydrogens (tertiary/aromatic N) is 1. The van der Waals surface area contributed by atoms with Crippen LogP contribution in [0.2, 0.25) is 0 Å². The third-order valence-corrected chi connectivity index (χ3v) is 4.11. The molecule has 0 amide bonds. The second-order valence-corrected chi connectivity index (χ2v) is 6.50. The molecule has 3 aliphatic rings. The first-order chi connectivity index (χ1) is 12.8.